The lowest BCUT2D eigenvalue weighted by atomic mass is 9.98. The molecule has 0 saturated heterocycles. The zero-order chi connectivity index (χ0) is 13.4. The highest BCUT2D eigenvalue weighted by Gasteiger charge is 2.11. The predicted molar refractivity (Wildman–Crippen MR) is 66.1 cm³/mol. The van der Waals surface area contributed by atoms with Gasteiger partial charge in [0.2, 0.25) is 0 Å². The molecule has 1 aliphatic carbocycles. The minimum absolute atomic E-state index is 0.401. The highest BCUT2D eigenvalue weighted by Crippen LogP contribution is 2.14. The molecule has 0 spiro atoms. The highest BCUT2D eigenvalue weighted by atomic mass is 16.7. The van der Waals surface area contributed by atoms with Gasteiger partial charge in [-0.15, -0.1) is 0 Å². The molecule has 0 unspecified atom stereocenters. The number of oxime groups is 2. The summed E-state index contributed by atoms with van der Waals surface area (Å²) < 4.78 is 0. The molecule has 0 radical (unpaired) electrons. The van der Waals surface area contributed by atoms with E-state index in [0.29, 0.717) is 0 Å². The van der Waals surface area contributed by atoms with Gasteiger partial charge in [-0.25, -0.2) is 9.59 Å². The summed E-state index contributed by atoms with van der Waals surface area (Å²) in [4.78, 5) is 30.6. The Bertz CT molecular complexity index is 326. The van der Waals surface area contributed by atoms with Crippen LogP contribution in [0.4, 0.5) is 0 Å². The third-order valence-electron chi connectivity index (χ3n) is 2.47. The fraction of sp³-hybridized carbons (Fsp3) is 0.667. The van der Waals surface area contributed by atoms with Crippen LogP contribution < -0.4 is 0 Å². The van der Waals surface area contributed by atoms with Crippen molar-refractivity contribution < 1.29 is 19.3 Å². The van der Waals surface area contributed by atoms with E-state index in [0.717, 1.165) is 49.9 Å². The van der Waals surface area contributed by atoms with Crippen LogP contribution in [0.2, 0.25) is 0 Å². The summed E-state index contributed by atoms with van der Waals surface area (Å²) in [6.45, 7) is 2.66. The van der Waals surface area contributed by atoms with Crippen LogP contribution in [-0.4, -0.2) is 23.4 Å². The average Bonchev–Trinajstić information content (AvgIpc) is 2.26. The fourth-order valence-electron chi connectivity index (χ4n) is 1.68. The molecule has 1 saturated carbocycles. The summed E-state index contributed by atoms with van der Waals surface area (Å²) in [5, 5.41) is 7.65. The number of hydrogen-bond donors (Lipinski definition) is 0. The van der Waals surface area contributed by atoms with E-state index < -0.39 is 11.9 Å². The molecule has 0 atom stereocenters. The van der Waals surface area contributed by atoms with Crippen LogP contribution in [0.5, 0.6) is 0 Å². The van der Waals surface area contributed by atoms with Crippen molar-refractivity contribution in [3.8, 4) is 0 Å². The van der Waals surface area contributed by atoms with E-state index in [1.165, 1.54) is 13.8 Å². The van der Waals surface area contributed by atoms with Crippen LogP contribution in [0, 0.1) is 0 Å². The Balaban J connectivity index is 2.44. The van der Waals surface area contributed by atoms with Crippen LogP contribution in [0.3, 0.4) is 0 Å². The molecule has 0 N–H and O–H groups in total. The normalized spacial score (nSPS) is 16.3. The summed E-state index contributed by atoms with van der Waals surface area (Å²) in [7, 11) is 0. The van der Waals surface area contributed by atoms with Crippen molar-refractivity contribution in [3.05, 3.63) is 0 Å². The van der Waals surface area contributed by atoms with Gasteiger partial charge in [-0.3, -0.25) is 0 Å². The van der Waals surface area contributed by atoms with E-state index in [4.69, 9.17) is 0 Å². The third-order valence-corrected chi connectivity index (χ3v) is 2.47. The van der Waals surface area contributed by atoms with Crippen molar-refractivity contribution in [2.75, 3.05) is 0 Å². The molecule has 6 nitrogen and oxygen atoms in total. The Labute approximate surface area is 106 Å². The van der Waals surface area contributed by atoms with Crippen molar-refractivity contribution in [2.24, 2.45) is 10.3 Å². The van der Waals surface area contributed by atoms with Gasteiger partial charge in [0.25, 0.3) is 0 Å². The first kappa shape index (κ1) is 14.3. The lowest BCUT2D eigenvalue weighted by Gasteiger charge is -2.11. The van der Waals surface area contributed by atoms with Crippen LogP contribution in [-0.2, 0) is 19.3 Å². The van der Waals surface area contributed by atoms with Gasteiger partial charge in [-0.2, -0.15) is 0 Å². The molecule has 0 aromatic carbocycles. The zero-order valence-electron chi connectivity index (χ0n) is 10.8. The minimum atomic E-state index is -0.401. The van der Waals surface area contributed by atoms with Crippen molar-refractivity contribution in [3.63, 3.8) is 0 Å². The van der Waals surface area contributed by atoms with E-state index in [-0.39, 0.29) is 0 Å². The van der Waals surface area contributed by atoms with E-state index in [1.54, 1.807) is 0 Å². The van der Waals surface area contributed by atoms with Gasteiger partial charge in [0.1, 0.15) is 0 Å². The van der Waals surface area contributed by atoms with Crippen LogP contribution >= 0.6 is 0 Å². The first-order chi connectivity index (χ1) is 8.58. The van der Waals surface area contributed by atoms with Gasteiger partial charge in [-0.05, 0) is 38.5 Å². The maximum absolute atomic E-state index is 10.6. The Kier molecular flexibility index (Phi) is 6.04. The number of carbonyl (C=O) groups excluding carboxylic acids is 2. The monoisotopic (exact) mass is 254 g/mol. The topological polar surface area (TPSA) is 77.3 Å². The van der Waals surface area contributed by atoms with Crippen molar-refractivity contribution in [2.45, 2.75) is 52.4 Å². The molecule has 6 heteroatoms. The SMILES string of the molecule is CC(=O)ON=C1CCCC(=NOC(C)=O)CCC1. The molecule has 1 fully saturated rings. The highest BCUT2D eigenvalue weighted by molar-refractivity contribution is 5.89. The Morgan fingerprint density at radius 3 is 1.44 bits per heavy atom. The molecule has 0 bridgehead atoms. The summed E-state index contributed by atoms with van der Waals surface area (Å²) >= 11 is 0. The maximum atomic E-state index is 10.6. The Morgan fingerprint density at radius 2 is 1.17 bits per heavy atom. The molecule has 1 aliphatic rings. The van der Waals surface area contributed by atoms with E-state index in [1.807, 2.05) is 0 Å². The van der Waals surface area contributed by atoms with Crippen molar-refractivity contribution in [1.29, 1.82) is 0 Å². The lowest BCUT2D eigenvalue weighted by Crippen LogP contribution is -2.10. The van der Waals surface area contributed by atoms with Crippen LogP contribution in [0.25, 0.3) is 0 Å². The quantitative estimate of drug-likeness (QED) is 0.559. The second-order valence-electron chi connectivity index (χ2n) is 4.19. The predicted octanol–water partition coefficient (Wildman–Crippen LogP) is 2.18. The first-order valence-electron chi connectivity index (χ1n) is 6.04. The molecule has 0 heterocycles. The van der Waals surface area contributed by atoms with E-state index >= 15 is 0 Å². The van der Waals surface area contributed by atoms with Gasteiger partial charge < -0.3 is 9.68 Å². The molecule has 0 aromatic heterocycles. The first-order valence-corrected chi connectivity index (χ1v) is 6.04. The van der Waals surface area contributed by atoms with E-state index in [2.05, 4.69) is 20.0 Å². The van der Waals surface area contributed by atoms with Gasteiger partial charge in [0, 0.05) is 13.8 Å². The van der Waals surface area contributed by atoms with Crippen LogP contribution in [0.1, 0.15) is 52.4 Å². The zero-order valence-corrected chi connectivity index (χ0v) is 10.8. The Hall–Kier alpha value is -1.72. The summed E-state index contributed by atoms with van der Waals surface area (Å²) in [5.41, 5.74) is 1.80. The van der Waals surface area contributed by atoms with Gasteiger partial charge in [-0.1, -0.05) is 10.3 Å². The molecule has 0 aliphatic heterocycles. The lowest BCUT2D eigenvalue weighted by molar-refractivity contribution is -0.141. The van der Waals surface area contributed by atoms with Gasteiger partial charge in [0.15, 0.2) is 0 Å². The number of rotatable bonds is 2. The number of nitrogens with zero attached hydrogens (tertiary/aromatic N) is 2. The third kappa shape index (κ3) is 6.12. The molecular formula is C12H18N2O4. The molecular weight excluding hydrogens is 236 g/mol. The second kappa shape index (κ2) is 7.58. The summed E-state index contributed by atoms with van der Waals surface area (Å²) in [6.07, 6.45) is 4.80. The summed E-state index contributed by atoms with van der Waals surface area (Å²) in [5.74, 6) is -0.802. The van der Waals surface area contributed by atoms with Crippen LogP contribution in [0.15, 0.2) is 10.3 Å². The fourth-order valence-corrected chi connectivity index (χ4v) is 1.68. The van der Waals surface area contributed by atoms with Crippen molar-refractivity contribution >= 4 is 23.4 Å². The standard InChI is InChI=1S/C12H18N2O4/c1-9(15)17-13-11-5-3-7-12(8-4-6-11)14-18-10(2)16/h3-8H2,1-2H3. The molecule has 0 amide bonds. The smallest absolute Gasteiger partial charge is 0.319 e. The largest absolute Gasteiger partial charge is 0.331 e. The van der Waals surface area contributed by atoms with Gasteiger partial charge >= 0.3 is 11.9 Å². The molecule has 100 valence electrons. The van der Waals surface area contributed by atoms with E-state index in [9.17, 15) is 9.59 Å². The van der Waals surface area contributed by atoms with Gasteiger partial charge in [0.05, 0.1) is 11.4 Å². The molecule has 1 rings (SSSR count). The molecule has 0 aromatic rings. The summed E-state index contributed by atoms with van der Waals surface area (Å²) in [6, 6.07) is 0. The number of carbonyl (C=O) groups is 2. The van der Waals surface area contributed by atoms with Crippen molar-refractivity contribution in [1.82, 2.24) is 0 Å². The minimum Gasteiger partial charge on any atom is -0.319 e. The average molecular weight is 254 g/mol. The Morgan fingerprint density at radius 1 is 0.833 bits per heavy atom. The maximum Gasteiger partial charge on any atom is 0.331 e. The second-order valence-corrected chi connectivity index (χ2v) is 4.19. The molecule has 18 heavy (non-hydrogen) atoms. The number of hydrogen-bond acceptors (Lipinski definition) is 6.